The van der Waals surface area contributed by atoms with Crippen LogP contribution in [-0.4, -0.2) is 24.0 Å². The van der Waals surface area contributed by atoms with E-state index in [1.807, 2.05) is 54.6 Å². The fourth-order valence-corrected chi connectivity index (χ4v) is 5.59. The van der Waals surface area contributed by atoms with Gasteiger partial charge in [0.25, 0.3) is 5.91 Å². The van der Waals surface area contributed by atoms with Crippen LogP contribution in [0.4, 0.5) is 17.1 Å². The molecule has 160 valence electrons. The number of aromatic nitrogens is 1. The normalized spacial score (nSPS) is 15.1. The van der Waals surface area contributed by atoms with E-state index in [2.05, 4.69) is 16.3 Å². The number of anilines is 3. The zero-order valence-corrected chi connectivity index (χ0v) is 18.2. The van der Waals surface area contributed by atoms with Crippen molar-refractivity contribution >= 4 is 44.5 Å². The van der Waals surface area contributed by atoms with Gasteiger partial charge in [-0.25, -0.2) is 4.98 Å². The van der Waals surface area contributed by atoms with Crippen LogP contribution in [0.3, 0.4) is 0 Å². The molecule has 0 saturated carbocycles. The number of carbonyl (C=O) groups excluding carboxylic acids is 1. The number of carbonyl (C=O) groups is 1. The number of rotatable bonds is 4. The number of para-hydroxylation sites is 3. The van der Waals surface area contributed by atoms with Gasteiger partial charge in [-0.2, -0.15) is 0 Å². The Bertz CT molecular complexity index is 1330. The van der Waals surface area contributed by atoms with Crippen molar-refractivity contribution in [1.29, 1.82) is 0 Å². The number of nitrogens with zero attached hydrogens (tertiary/aromatic N) is 2. The van der Waals surface area contributed by atoms with Crippen molar-refractivity contribution in [3.63, 3.8) is 0 Å². The molecule has 4 aromatic rings. The van der Waals surface area contributed by atoms with Gasteiger partial charge in [0.1, 0.15) is 15.5 Å². The summed E-state index contributed by atoms with van der Waals surface area (Å²) >= 11 is 1.35. The van der Waals surface area contributed by atoms with Crippen molar-refractivity contribution in [3.8, 4) is 11.5 Å². The molecule has 7 heteroatoms. The molecule has 1 amide bonds. The zero-order valence-electron chi connectivity index (χ0n) is 17.4. The van der Waals surface area contributed by atoms with E-state index in [-0.39, 0.29) is 5.91 Å². The Hall–Kier alpha value is -3.58. The number of hydrogen-bond donors (Lipinski definition) is 2. The number of fused-ring (bicyclic) bond motifs is 3. The molecule has 0 radical (unpaired) electrons. The maximum Gasteiger partial charge on any atom is 0.268 e. The molecule has 0 aliphatic carbocycles. The van der Waals surface area contributed by atoms with E-state index in [0.29, 0.717) is 33.7 Å². The molecule has 1 fully saturated rings. The molecule has 2 aromatic carbocycles. The molecular weight excluding hydrogens is 420 g/mol. The third kappa shape index (κ3) is 3.17. The molecule has 3 aliphatic heterocycles. The van der Waals surface area contributed by atoms with Crippen LogP contribution in [-0.2, 0) is 0 Å². The van der Waals surface area contributed by atoms with Crippen LogP contribution in [0.5, 0.6) is 11.5 Å². The summed E-state index contributed by atoms with van der Waals surface area (Å²) in [6, 6.07) is 19.0. The van der Waals surface area contributed by atoms with Gasteiger partial charge < -0.3 is 20.7 Å². The number of nitrogens with one attached hydrogen (secondary N) is 1. The summed E-state index contributed by atoms with van der Waals surface area (Å²) in [5.74, 6) is 1.54. The van der Waals surface area contributed by atoms with Crippen LogP contribution in [0, 0.1) is 0 Å². The molecule has 3 aliphatic rings. The molecule has 32 heavy (non-hydrogen) atoms. The Morgan fingerprint density at radius 1 is 1.09 bits per heavy atom. The molecule has 0 unspecified atom stereocenters. The smallest absolute Gasteiger partial charge is 0.268 e. The van der Waals surface area contributed by atoms with E-state index in [9.17, 15) is 4.79 Å². The first-order valence-corrected chi connectivity index (χ1v) is 11.6. The highest BCUT2D eigenvalue weighted by atomic mass is 32.1. The third-order valence-corrected chi connectivity index (χ3v) is 7.38. The monoisotopic (exact) mass is 442 g/mol. The van der Waals surface area contributed by atoms with Crippen LogP contribution in [0.15, 0.2) is 60.7 Å². The first-order chi connectivity index (χ1) is 15.7. The Balaban J connectivity index is 1.32. The van der Waals surface area contributed by atoms with Crippen molar-refractivity contribution in [1.82, 2.24) is 4.98 Å². The lowest BCUT2D eigenvalue weighted by Crippen LogP contribution is -2.39. The number of thiophene rings is 1. The Kier molecular flexibility index (Phi) is 4.50. The Morgan fingerprint density at radius 2 is 1.84 bits per heavy atom. The minimum Gasteiger partial charge on any atom is -0.455 e. The summed E-state index contributed by atoms with van der Waals surface area (Å²) in [5.41, 5.74) is 9.86. The summed E-state index contributed by atoms with van der Waals surface area (Å²) in [5, 5.41) is 3.84. The van der Waals surface area contributed by atoms with E-state index in [0.717, 1.165) is 41.8 Å². The van der Waals surface area contributed by atoms with E-state index in [1.54, 1.807) is 0 Å². The largest absolute Gasteiger partial charge is 0.455 e. The van der Waals surface area contributed by atoms with E-state index in [1.165, 1.54) is 17.0 Å². The topological polar surface area (TPSA) is 80.5 Å². The van der Waals surface area contributed by atoms with Crippen molar-refractivity contribution in [2.75, 3.05) is 29.0 Å². The lowest BCUT2D eigenvalue weighted by molar-refractivity contribution is 0.103. The van der Waals surface area contributed by atoms with Gasteiger partial charge in [-0.05, 0) is 43.2 Å². The number of pyridine rings is 1. The van der Waals surface area contributed by atoms with Gasteiger partial charge in [0, 0.05) is 24.4 Å². The van der Waals surface area contributed by atoms with Crippen LogP contribution < -0.4 is 20.7 Å². The van der Waals surface area contributed by atoms with Gasteiger partial charge in [-0.1, -0.05) is 30.3 Å². The molecule has 5 heterocycles. The van der Waals surface area contributed by atoms with Crippen LogP contribution in [0.2, 0.25) is 0 Å². The van der Waals surface area contributed by atoms with E-state index in [4.69, 9.17) is 15.5 Å². The number of piperidine rings is 1. The maximum atomic E-state index is 13.2. The number of benzene rings is 2. The number of nitrogens with two attached hydrogens (primary N) is 1. The SMILES string of the molecule is Nc1c(C(=O)Nc2ccccc2Oc2ccccc2)sc2nc3c(cc12)N1CCC3CC1. The minimum absolute atomic E-state index is 0.254. The van der Waals surface area contributed by atoms with Gasteiger partial charge in [0.15, 0.2) is 5.75 Å². The standard InChI is InChI=1S/C25H22N4O2S/c26-21-17-14-19-22(15-10-12-29(19)13-11-15)28-25(17)32-23(21)24(30)27-18-8-4-5-9-20(18)31-16-6-2-1-3-7-16/h1-9,14-15H,10-13,26H2,(H,27,30). The molecule has 6 nitrogen and oxygen atoms in total. The number of ether oxygens (including phenoxy) is 1. The molecular formula is C25H22N4O2S. The summed E-state index contributed by atoms with van der Waals surface area (Å²) < 4.78 is 5.97. The van der Waals surface area contributed by atoms with Crippen molar-refractivity contribution in [3.05, 3.63) is 71.2 Å². The van der Waals surface area contributed by atoms with Gasteiger partial charge in [-0.15, -0.1) is 11.3 Å². The molecule has 0 atom stereocenters. The lowest BCUT2D eigenvalue weighted by Gasteiger charge is -2.41. The molecule has 7 rings (SSSR count). The fraction of sp³-hybridized carbons (Fsp3) is 0.200. The highest BCUT2D eigenvalue weighted by Gasteiger charge is 2.33. The van der Waals surface area contributed by atoms with E-state index >= 15 is 0 Å². The summed E-state index contributed by atoms with van der Waals surface area (Å²) in [7, 11) is 0. The Morgan fingerprint density at radius 3 is 2.66 bits per heavy atom. The van der Waals surface area contributed by atoms with Crippen molar-refractivity contribution in [2.24, 2.45) is 0 Å². The molecule has 3 N–H and O–H groups in total. The number of amides is 1. The van der Waals surface area contributed by atoms with Crippen LogP contribution in [0.25, 0.3) is 10.2 Å². The first-order valence-electron chi connectivity index (χ1n) is 10.8. The fourth-order valence-electron chi connectivity index (χ4n) is 4.61. The average molecular weight is 443 g/mol. The Labute approximate surface area is 189 Å². The lowest BCUT2D eigenvalue weighted by atomic mass is 9.86. The third-order valence-electron chi connectivity index (χ3n) is 6.26. The van der Waals surface area contributed by atoms with Crippen molar-refractivity contribution in [2.45, 2.75) is 18.8 Å². The zero-order chi connectivity index (χ0) is 21.7. The van der Waals surface area contributed by atoms with Gasteiger partial charge in [0.05, 0.1) is 22.8 Å². The van der Waals surface area contributed by atoms with Crippen LogP contribution >= 0.6 is 11.3 Å². The quantitative estimate of drug-likeness (QED) is 0.429. The summed E-state index contributed by atoms with van der Waals surface area (Å²) in [6.07, 6.45) is 2.30. The second-order valence-corrected chi connectivity index (χ2v) is 9.22. The molecule has 0 spiro atoms. The first kappa shape index (κ1) is 19.1. The maximum absolute atomic E-state index is 13.2. The predicted molar refractivity (Wildman–Crippen MR) is 129 cm³/mol. The van der Waals surface area contributed by atoms with Gasteiger partial charge in [-0.3, -0.25) is 4.79 Å². The predicted octanol–water partition coefficient (Wildman–Crippen LogP) is 5.62. The van der Waals surface area contributed by atoms with E-state index < -0.39 is 0 Å². The second-order valence-electron chi connectivity index (χ2n) is 8.22. The number of hydrogen-bond acceptors (Lipinski definition) is 6. The molecule has 2 bridgehead atoms. The summed E-state index contributed by atoms with van der Waals surface area (Å²) in [6.45, 7) is 2.14. The average Bonchev–Trinajstić information content (AvgIpc) is 3.16. The van der Waals surface area contributed by atoms with Gasteiger partial charge in [0.2, 0.25) is 0 Å². The molecule has 1 saturated heterocycles. The highest BCUT2D eigenvalue weighted by molar-refractivity contribution is 7.21. The second kappa shape index (κ2) is 7.53. The van der Waals surface area contributed by atoms with Crippen LogP contribution in [0.1, 0.15) is 34.1 Å². The minimum atomic E-state index is -0.254. The number of nitrogen functional groups attached to an aromatic ring is 1. The van der Waals surface area contributed by atoms with Crippen molar-refractivity contribution < 1.29 is 9.53 Å². The summed E-state index contributed by atoms with van der Waals surface area (Å²) in [4.78, 5) is 21.8. The molecule has 2 aromatic heterocycles. The highest BCUT2D eigenvalue weighted by Crippen LogP contribution is 2.45. The van der Waals surface area contributed by atoms with Gasteiger partial charge >= 0.3 is 0 Å².